The maximum Gasteiger partial charge on any atom is 0.341 e. The van der Waals surface area contributed by atoms with Crippen LogP contribution in [0, 0.1) is 17.8 Å². The predicted molar refractivity (Wildman–Crippen MR) is 107 cm³/mol. The lowest BCUT2D eigenvalue weighted by molar-refractivity contribution is -0.139. The molecule has 156 valence electrons. The van der Waals surface area contributed by atoms with Crippen LogP contribution in [0.3, 0.4) is 0 Å². The van der Waals surface area contributed by atoms with Crippen LogP contribution in [0.1, 0.15) is 72.4 Å². The van der Waals surface area contributed by atoms with Gasteiger partial charge >= 0.3 is 5.97 Å². The van der Waals surface area contributed by atoms with E-state index in [0.29, 0.717) is 25.0 Å². The van der Waals surface area contributed by atoms with Crippen molar-refractivity contribution in [2.24, 2.45) is 17.8 Å². The van der Waals surface area contributed by atoms with Gasteiger partial charge in [0.15, 0.2) is 6.61 Å². The number of ether oxygens (including phenoxy) is 1. The van der Waals surface area contributed by atoms with Crippen molar-refractivity contribution < 1.29 is 34.4 Å². The zero-order chi connectivity index (χ0) is 26.2. The molecule has 5 nitrogen and oxygen atoms in total. The van der Waals surface area contributed by atoms with Crippen LogP contribution in [0.25, 0.3) is 0 Å². The van der Waals surface area contributed by atoms with Crippen molar-refractivity contribution in [3.05, 3.63) is 29.3 Å². The molecule has 3 N–H and O–H groups in total. The highest BCUT2D eigenvalue weighted by molar-refractivity contribution is 5.68. The molecule has 1 aromatic carbocycles. The van der Waals surface area contributed by atoms with E-state index in [0.717, 1.165) is 11.1 Å². The average molecular weight is 398 g/mol. The molecule has 0 aliphatic heterocycles. The summed E-state index contributed by atoms with van der Waals surface area (Å²) in [4.78, 5) is 10.9. The van der Waals surface area contributed by atoms with Crippen LogP contribution in [-0.4, -0.2) is 40.1 Å². The van der Waals surface area contributed by atoms with Crippen LogP contribution in [-0.2, 0) is 17.6 Å². The zero-order valence-corrected chi connectivity index (χ0v) is 15.9. The fourth-order valence-electron chi connectivity index (χ4n) is 4.53. The molecule has 1 aromatic rings. The van der Waals surface area contributed by atoms with E-state index in [-0.39, 0.29) is 31.1 Å². The summed E-state index contributed by atoms with van der Waals surface area (Å²) in [5.74, 6) is -1.70. The number of aliphatic hydroxyl groups excluding tert-OH is 2. The van der Waals surface area contributed by atoms with Gasteiger partial charge in [-0.25, -0.2) is 4.79 Å². The molecule has 0 spiro atoms. The Balaban J connectivity index is 1.72. The molecule has 28 heavy (non-hydrogen) atoms. The Kier molecular flexibility index (Phi) is 4.73. The molecule has 0 aromatic heterocycles. The maximum absolute atomic E-state index is 10.9. The summed E-state index contributed by atoms with van der Waals surface area (Å²) in [6.45, 7) is -2.65. The van der Waals surface area contributed by atoms with Crippen LogP contribution in [0.15, 0.2) is 18.2 Å². The molecule has 5 atom stereocenters. The van der Waals surface area contributed by atoms with Gasteiger partial charge in [0.05, 0.1) is 12.2 Å². The Bertz CT molecular complexity index is 905. The SMILES string of the molecule is [2H]C([2H])([2H])CCCC([2H])([2H])[C@H](O)CC([2H])([2H])[C@@H]1[C@H]2Cc3cccc(OCC(=O)O)c3C[C@H]2C[C@H]1O. The Morgan fingerprint density at radius 1 is 1.39 bits per heavy atom. The van der Waals surface area contributed by atoms with E-state index in [4.69, 9.17) is 19.4 Å². The summed E-state index contributed by atoms with van der Waals surface area (Å²) in [5.41, 5.74) is 1.78. The minimum Gasteiger partial charge on any atom is -0.482 e. The van der Waals surface area contributed by atoms with E-state index in [1.54, 1.807) is 12.1 Å². The fourth-order valence-corrected chi connectivity index (χ4v) is 4.53. The Hall–Kier alpha value is -1.59. The van der Waals surface area contributed by atoms with Gasteiger partial charge in [0.2, 0.25) is 0 Å². The molecular formula is C23H34O5. The third-order valence-electron chi connectivity index (χ3n) is 5.81. The van der Waals surface area contributed by atoms with E-state index < -0.39 is 56.7 Å². The molecular weight excluding hydrogens is 356 g/mol. The van der Waals surface area contributed by atoms with Gasteiger partial charge in [0.25, 0.3) is 0 Å². The van der Waals surface area contributed by atoms with E-state index in [9.17, 15) is 15.0 Å². The molecule has 2 aliphatic rings. The lowest BCUT2D eigenvalue weighted by Gasteiger charge is -2.32. The summed E-state index contributed by atoms with van der Waals surface area (Å²) in [7, 11) is 0. The summed E-state index contributed by atoms with van der Waals surface area (Å²) < 4.78 is 60.9. The van der Waals surface area contributed by atoms with Crippen LogP contribution < -0.4 is 4.74 Å². The topological polar surface area (TPSA) is 87.0 Å². The quantitative estimate of drug-likeness (QED) is 0.562. The van der Waals surface area contributed by atoms with E-state index >= 15 is 0 Å². The third-order valence-corrected chi connectivity index (χ3v) is 5.81. The maximum atomic E-state index is 10.9. The minimum atomic E-state index is -2.19. The first-order valence-electron chi connectivity index (χ1n) is 13.4. The monoisotopic (exact) mass is 397 g/mol. The molecule has 5 heteroatoms. The summed E-state index contributed by atoms with van der Waals surface area (Å²) in [6, 6.07) is 5.34. The summed E-state index contributed by atoms with van der Waals surface area (Å²) in [5, 5.41) is 30.3. The lowest BCUT2D eigenvalue weighted by Crippen LogP contribution is -2.28. The first-order valence-corrected chi connectivity index (χ1v) is 9.92. The number of benzene rings is 1. The van der Waals surface area contributed by atoms with Crippen LogP contribution in [0.5, 0.6) is 5.75 Å². The van der Waals surface area contributed by atoms with Crippen LogP contribution >= 0.6 is 0 Å². The predicted octanol–water partition coefficient (Wildman–Crippen LogP) is 3.58. The first kappa shape index (κ1) is 13.6. The van der Waals surface area contributed by atoms with Gasteiger partial charge in [-0.05, 0) is 73.4 Å². The van der Waals surface area contributed by atoms with Gasteiger partial charge in [-0.2, -0.15) is 0 Å². The molecule has 2 aliphatic carbocycles. The number of carboxylic acid groups (broad SMARTS) is 1. The van der Waals surface area contributed by atoms with Crippen LogP contribution in [0.2, 0.25) is 0 Å². The second-order valence-electron chi connectivity index (χ2n) is 7.72. The van der Waals surface area contributed by atoms with E-state index in [1.165, 1.54) is 0 Å². The van der Waals surface area contributed by atoms with Crippen molar-refractivity contribution in [1.82, 2.24) is 0 Å². The van der Waals surface area contributed by atoms with Crippen molar-refractivity contribution in [2.45, 2.75) is 76.8 Å². The number of carbonyl (C=O) groups is 1. The van der Waals surface area contributed by atoms with Gasteiger partial charge in [0.1, 0.15) is 5.75 Å². The fraction of sp³-hybridized carbons (Fsp3) is 0.696. The summed E-state index contributed by atoms with van der Waals surface area (Å²) in [6.07, 6.45) is -6.34. The van der Waals surface area contributed by atoms with Gasteiger partial charge in [-0.1, -0.05) is 38.2 Å². The Morgan fingerprint density at radius 2 is 2.25 bits per heavy atom. The van der Waals surface area contributed by atoms with Crippen molar-refractivity contribution in [3.63, 3.8) is 0 Å². The minimum absolute atomic E-state index is 0.0450. The molecule has 0 saturated heterocycles. The average Bonchev–Trinajstić information content (AvgIpc) is 3.04. The van der Waals surface area contributed by atoms with Gasteiger partial charge < -0.3 is 20.1 Å². The lowest BCUT2D eigenvalue weighted by atomic mass is 9.73. The number of hydrogen-bond acceptors (Lipinski definition) is 4. The molecule has 0 bridgehead atoms. The van der Waals surface area contributed by atoms with E-state index in [1.807, 2.05) is 6.07 Å². The molecule has 3 rings (SSSR count). The van der Waals surface area contributed by atoms with Crippen molar-refractivity contribution in [1.29, 1.82) is 0 Å². The molecule has 0 heterocycles. The van der Waals surface area contributed by atoms with Gasteiger partial charge in [-0.3, -0.25) is 0 Å². The largest absolute Gasteiger partial charge is 0.482 e. The highest BCUT2D eigenvalue weighted by atomic mass is 16.5. The Labute approximate surface area is 177 Å². The number of aliphatic hydroxyl groups is 2. The normalized spacial score (nSPS) is 32.3. The van der Waals surface area contributed by atoms with Gasteiger partial charge in [0, 0.05) is 9.60 Å². The van der Waals surface area contributed by atoms with Crippen molar-refractivity contribution in [2.75, 3.05) is 6.61 Å². The van der Waals surface area contributed by atoms with Gasteiger partial charge in [-0.15, -0.1) is 0 Å². The smallest absolute Gasteiger partial charge is 0.341 e. The molecule has 0 radical (unpaired) electrons. The Morgan fingerprint density at radius 3 is 3.04 bits per heavy atom. The van der Waals surface area contributed by atoms with Crippen LogP contribution in [0.4, 0.5) is 0 Å². The number of fused-ring (bicyclic) bond motifs is 2. The summed E-state index contributed by atoms with van der Waals surface area (Å²) >= 11 is 0. The number of hydrogen-bond donors (Lipinski definition) is 3. The molecule has 1 saturated carbocycles. The second-order valence-corrected chi connectivity index (χ2v) is 7.72. The van der Waals surface area contributed by atoms with Crippen molar-refractivity contribution >= 4 is 5.97 Å². The standard InChI is InChI=1S/C23H34O5/c1-2-3-4-7-17(24)9-10-18-19-11-15-6-5-8-22(28-14-23(26)27)20(15)12-16(19)13-21(18)25/h5-6,8,16-19,21,24-25H,2-4,7,9-14H2,1H3,(H,26,27)/t16-,17-,18+,19-,21+/m0/s1/i1D3,7D2,10D2. The highest BCUT2D eigenvalue weighted by Gasteiger charge is 2.44. The molecule has 1 fully saturated rings. The van der Waals surface area contributed by atoms with Crippen molar-refractivity contribution in [3.8, 4) is 5.75 Å². The zero-order valence-electron chi connectivity index (χ0n) is 22.9. The number of aliphatic carboxylic acids is 1. The highest BCUT2D eigenvalue weighted by Crippen LogP contribution is 2.48. The molecule has 0 unspecified atom stereocenters. The first-order chi connectivity index (χ1) is 16.1. The second kappa shape index (κ2) is 9.75. The number of rotatable bonds is 10. The number of carboxylic acids is 1. The third kappa shape index (κ3) is 5.06. The van der Waals surface area contributed by atoms with E-state index in [2.05, 4.69) is 0 Å². The molecule has 0 amide bonds.